The van der Waals surface area contributed by atoms with E-state index in [0.29, 0.717) is 22.7 Å². The van der Waals surface area contributed by atoms with Gasteiger partial charge in [-0.3, -0.25) is 9.59 Å². The lowest BCUT2D eigenvalue weighted by molar-refractivity contribution is 0.0955. The van der Waals surface area contributed by atoms with Crippen molar-refractivity contribution in [1.29, 1.82) is 0 Å². The standard InChI is InChI=1S/C18H23N3O2S.ClH/c1-3-13-5-7-14(8-6-13)16(22)21-18-15(9-12-24-18)17(23)20-11-10-19-4-2;/h5-9,12,19H,3-4,10-11H2,1-2H3,(H,20,23)(H,21,22);1H. The van der Waals surface area contributed by atoms with Gasteiger partial charge in [0.2, 0.25) is 0 Å². The summed E-state index contributed by atoms with van der Waals surface area (Å²) in [5, 5.41) is 11.2. The highest BCUT2D eigenvalue weighted by atomic mass is 35.5. The molecular formula is C18H24ClN3O2S. The molecule has 2 amide bonds. The Bertz CT molecular complexity index is 686. The van der Waals surface area contributed by atoms with Crippen LogP contribution in [0.2, 0.25) is 0 Å². The molecule has 5 nitrogen and oxygen atoms in total. The number of likely N-dealkylation sites (N-methyl/N-ethyl adjacent to an activating group) is 1. The van der Waals surface area contributed by atoms with Gasteiger partial charge in [0.05, 0.1) is 5.56 Å². The Labute approximate surface area is 158 Å². The summed E-state index contributed by atoms with van der Waals surface area (Å²) < 4.78 is 0. The van der Waals surface area contributed by atoms with Crippen LogP contribution >= 0.6 is 23.7 Å². The first-order valence-electron chi connectivity index (χ1n) is 8.12. The van der Waals surface area contributed by atoms with Gasteiger partial charge in [0.15, 0.2) is 0 Å². The van der Waals surface area contributed by atoms with Gasteiger partial charge in [0.25, 0.3) is 11.8 Å². The van der Waals surface area contributed by atoms with Crippen LogP contribution in [0.25, 0.3) is 0 Å². The number of halogens is 1. The van der Waals surface area contributed by atoms with Crippen molar-refractivity contribution in [2.45, 2.75) is 20.3 Å². The maximum atomic E-state index is 12.3. The number of hydrogen-bond donors (Lipinski definition) is 3. The number of aryl methyl sites for hydroxylation is 1. The summed E-state index contributed by atoms with van der Waals surface area (Å²) in [5.74, 6) is -0.382. The monoisotopic (exact) mass is 381 g/mol. The molecule has 7 heteroatoms. The van der Waals surface area contributed by atoms with Gasteiger partial charge in [-0.05, 0) is 42.1 Å². The SMILES string of the molecule is CCNCCNC(=O)c1ccsc1NC(=O)c1ccc(CC)cc1.Cl. The molecule has 0 aliphatic carbocycles. The first-order valence-corrected chi connectivity index (χ1v) is 9.00. The highest BCUT2D eigenvalue weighted by Gasteiger charge is 2.15. The van der Waals surface area contributed by atoms with Gasteiger partial charge in [-0.15, -0.1) is 23.7 Å². The second kappa shape index (κ2) is 10.9. The molecule has 0 bridgehead atoms. The summed E-state index contributed by atoms with van der Waals surface area (Å²) in [6, 6.07) is 9.22. The lowest BCUT2D eigenvalue weighted by Gasteiger charge is -2.08. The van der Waals surface area contributed by atoms with Crippen LogP contribution in [0.1, 0.15) is 40.1 Å². The van der Waals surface area contributed by atoms with E-state index < -0.39 is 0 Å². The predicted octanol–water partition coefficient (Wildman–Crippen LogP) is 3.32. The van der Waals surface area contributed by atoms with Crippen LogP contribution in [0.15, 0.2) is 35.7 Å². The van der Waals surface area contributed by atoms with E-state index in [0.717, 1.165) is 19.5 Å². The first kappa shape index (κ1) is 21.2. The highest BCUT2D eigenvalue weighted by Crippen LogP contribution is 2.24. The Hall–Kier alpha value is -1.89. The molecule has 0 fully saturated rings. The maximum Gasteiger partial charge on any atom is 0.256 e. The number of carbonyl (C=O) groups is 2. The van der Waals surface area contributed by atoms with Crippen LogP contribution in [-0.2, 0) is 6.42 Å². The summed E-state index contributed by atoms with van der Waals surface area (Å²) in [5.41, 5.74) is 2.26. The molecule has 2 aromatic rings. The Morgan fingerprint density at radius 3 is 2.36 bits per heavy atom. The van der Waals surface area contributed by atoms with Crippen molar-refractivity contribution in [3.05, 3.63) is 52.4 Å². The van der Waals surface area contributed by atoms with E-state index in [-0.39, 0.29) is 24.2 Å². The van der Waals surface area contributed by atoms with Gasteiger partial charge >= 0.3 is 0 Å². The minimum absolute atomic E-state index is 0. The number of rotatable bonds is 8. The number of thiophene rings is 1. The normalized spacial score (nSPS) is 10.0. The summed E-state index contributed by atoms with van der Waals surface area (Å²) in [6.07, 6.45) is 0.935. The Morgan fingerprint density at radius 1 is 1.00 bits per heavy atom. The molecule has 1 aromatic heterocycles. The van der Waals surface area contributed by atoms with Gasteiger partial charge in [-0.25, -0.2) is 0 Å². The minimum atomic E-state index is -0.207. The summed E-state index contributed by atoms with van der Waals surface area (Å²) in [7, 11) is 0. The fourth-order valence-corrected chi connectivity index (χ4v) is 2.97. The average molecular weight is 382 g/mol. The van der Waals surface area contributed by atoms with Crippen molar-refractivity contribution in [1.82, 2.24) is 10.6 Å². The molecular weight excluding hydrogens is 358 g/mol. The summed E-state index contributed by atoms with van der Waals surface area (Å²) >= 11 is 1.34. The lowest BCUT2D eigenvalue weighted by Crippen LogP contribution is -2.32. The molecule has 25 heavy (non-hydrogen) atoms. The molecule has 2 rings (SSSR count). The largest absolute Gasteiger partial charge is 0.351 e. The van der Waals surface area contributed by atoms with Crippen molar-refractivity contribution in [3.8, 4) is 0 Å². The first-order chi connectivity index (χ1) is 11.7. The second-order valence-corrected chi connectivity index (χ2v) is 6.19. The fraction of sp³-hybridized carbons (Fsp3) is 0.333. The van der Waals surface area contributed by atoms with Gasteiger partial charge in [0.1, 0.15) is 5.00 Å². The Morgan fingerprint density at radius 2 is 1.72 bits per heavy atom. The number of benzene rings is 1. The van der Waals surface area contributed by atoms with E-state index >= 15 is 0 Å². The number of anilines is 1. The molecule has 0 aliphatic rings. The molecule has 0 aliphatic heterocycles. The molecule has 1 aromatic carbocycles. The van der Waals surface area contributed by atoms with Crippen molar-refractivity contribution in [3.63, 3.8) is 0 Å². The average Bonchev–Trinajstić information content (AvgIpc) is 3.06. The number of nitrogens with one attached hydrogen (secondary N) is 3. The Balaban J connectivity index is 0.00000312. The molecule has 0 spiro atoms. The number of carbonyl (C=O) groups excluding carboxylic acids is 2. The smallest absolute Gasteiger partial charge is 0.256 e. The number of amides is 2. The van der Waals surface area contributed by atoms with E-state index in [9.17, 15) is 9.59 Å². The zero-order valence-corrected chi connectivity index (χ0v) is 16.1. The highest BCUT2D eigenvalue weighted by molar-refractivity contribution is 7.14. The van der Waals surface area contributed by atoms with E-state index in [2.05, 4.69) is 22.9 Å². The third-order valence-electron chi connectivity index (χ3n) is 3.60. The van der Waals surface area contributed by atoms with Crippen molar-refractivity contribution in [2.24, 2.45) is 0 Å². The number of hydrogen-bond acceptors (Lipinski definition) is 4. The van der Waals surface area contributed by atoms with Gasteiger partial charge in [-0.2, -0.15) is 0 Å². The van der Waals surface area contributed by atoms with Crippen LogP contribution in [0, 0.1) is 0 Å². The zero-order chi connectivity index (χ0) is 17.4. The maximum absolute atomic E-state index is 12.3. The van der Waals surface area contributed by atoms with Crippen molar-refractivity contribution >= 4 is 40.6 Å². The third-order valence-corrected chi connectivity index (χ3v) is 4.43. The van der Waals surface area contributed by atoms with Crippen LogP contribution in [0.5, 0.6) is 0 Å². The van der Waals surface area contributed by atoms with Crippen LogP contribution in [-0.4, -0.2) is 31.4 Å². The predicted molar refractivity (Wildman–Crippen MR) is 106 cm³/mol. The quantitative estimate of drug-likeness (QED) is 0.614. The molecule has 1 heterocycles. The Kier molecular flexibility index (Phi) is 9.20. The lowest BCUT2D eigenvalue weighted by atomic mass is 10.1. The van der Waals surface area contributed by atoms with Crippen LogP contribution in [0.3, 0.4) is 0 Å². The molecule has 0 unspecified atom stereocenters. The van der Waals surface area contributed by atoms with Gasteiger partial charge in [-0.1, -0.05) is 26.0 Å². The van der Waals surface area contributed by atoms with Crippen molar-refractivity contribution in [2.75, 3.05) is 25.0 Å². The summed E-state index contributed by atoms with van der Waals surface area (Å²) in [4.78, 5) is 24.5. The molecule has 0 saturated heterocycles. The van der Waals surface area contributed by atoms with Gasteiger partial charge in [0, 0.05) is 18.7 Å². The zero-order valence-electron chi connectivity index (χ0n) is 14.4. The molecule has 3 N–H and O–H groups in total. The molecule has 0 radical (unpaired) electrons. The minimum Gasteiger partial charge on any atom is -0.351 e. The van der Waals surface area contributed by atoms with Crippen LogP contribution in [0.4, 0.5) is 5.00 Å². The van der Waals surface area contributed by atoms with E-state index in [1.807, 2.05) is 19.1 Å². The second-order valence-electron chi connectivity index (χ2n) is 5.28. The van der Waals surface area contributed by atoms with Gasteiger partial charge < -0.3 is 16.0 Å². The summed E-state index contributed by atoms with van der Waals surface area (Å²) in [6.45, 7) is 6.22. The van der Waals surface area contributed by atoms with E-state index in [1.165, 1.54) is 16.9 Å². The third kappa shape index (κ3) is 6.16. The van der Waals surface area contributed by atoms with E-state index in [4.69, 9.17) is 0 Å². The molecule has 0 saturated carbocycles. The van der Waals surface area contributed by atoms with E-state index in [1.54, 1.807) is 23.6 Å². The molecule has 0 atom stereocenters. The fourth-order valence-electron chi connectivity index (χ4n) is 2.19. The topological polar surface area (TPSA) is 70.2 Å². The van der Waals surface area contributed by atoms with Crippen molar-refractivity contribution < 1.29 is 9.59 Å². The van der Waals surface area contributed by atoms with Crippen LogP contribution < -0.4 is 16.0 Å². The molecule has 136 valence electrons.